The maximum Gasteiger partial charge on any atom is 0.255 e. The van der Waals surface area contributed by atoms with Gasteiger partial charge in [-0.1, -0.05) is 0 Å². The minimum absolute atomic E-state index is 0.166. The number of nitrogens with zero attached hydrogens (tertiary/aromatic N) is 2. The van der Waals surface area contributed by atoms with E-state index >= 15 is 0 Å². The molecular formula is C18H19N3O5. The molecule has 2 aliphatic heterocycles. The highest BCUT2D eigenvalue weighted by Gasteiger charge is 2.34. The molecule has 8 nitrogen and oxygen atoms in total. The van der Waals surface area contributed by atoms with Crippen molar-refractivity contribution in [1.82, 2.24) is 15.1 Å². The second-order valence-electron chi connectivity index (χ2n) is 6.55. The average molecular weight is 357 g/mol. The van der Waals surface area contributed by atoms with Gasteiger partial charge in [0.1, 0.15) is 12.3 Å². The normalized spacial score (nSPS) is 19.7. The van der Waals surface area contributed by atoms with E-state index in [-0.39, 0.29) is 36.4 Å². The Morgan fingerprint density at radius 3 is 2.58 bits per heavy atom. The van der Waals surface area contributed by atoms with Crippen molar-refractivity contribution in [3.05, 3.63) is 34.4 Å². The van der Waals surface area contributed by atoms with Crippen LogP contribution in [0.25, 0.3) is 0 Å². The van der Waals surface area contributed by atoms with Crippen LogP contribution in [0.4, 0.5) is 0 Å². The van der Waals surface area contributed by atoms with Gasteiger partial charge in [-0.15, -0.1) is 0 Å². The van der Waals surface area contributed by atoms with E-state index in [2.05, 4.69) is 5.32 Å². The average Bonchev–Trinajstić information content (AvgIpc) is 3.01. The number of carbonyl (C=O) groups excluding carboxylic acids is 5. The molecule has 0 aromatic heterocycles. The summed E-state index contributed by atoms with van der Waals surface area (Å²) in [6.45, 7) is 1.35. The molecular weight excluding hydrogens is 338 g/mol. The van der Waals surface area contributed by atoms with Crippen molar-refractivity contribution < 1.29 is 24.0 Å². The van der Waals surface area contributed by atoms with Gasteiger partial charge in [-0.25, -0.2) is 0 Å². The number of imide groups is 1. The van der Waals surface area contributed by atoms with Crippen LogP contribution in [0.15, 0.2) is 12.1 Å². The van der Waals surface area contributed by atoms with Gasteiger partial charge in [-0.3, -0.25) is 29.4 Å². The van der Waals surface area contributed by atoms with Gasteiger partial charge in [-0.05, 0) is 29.7 Å². The topological polar surface area (TPSA) is 104 Å². The van der Waals surface area contributed by atoms with Crippen LogP contribution < -0.4 is 5.32 Å². The molecule has 0 saturated carbocycles. The Bertz CT molecular complexity index is 804. The van der Waals surface area contributed by atoms with Crippen LogP contribution in [0.1, 0.15) is 44.7 Å². The predicted molar refractivity (Wildman–Crippen MR) is 90.3 cm³/mol. The summed E-state index contributed by atoms with van der Waals surface area (Å²) in [6, 6.07) is 2.58. The Morgan fingerprint density at radius 2 is 1.96 bits per heavy atom. The number of carbonyl (C=O) groups is 5. The fraction of sp³-hybridized carbons (Fsp3) is 0.389. The van der Waals surface area contributed by atoms with E-state index in [1.165, 1.54) is 11.9 Å². The van der Waals surface area contributed by atoms with E-state index < -0.39 is 17.9 Å². The summed E-state index contributed by atoms with van der Waals surface area (Å²) in [6.07, 6.45) is 1.85. The van der Waals surface area contributed by atoms with Crippen molar-refractivity contribution in [2.45, 2.75) is 32.0 Å². The summed E-state index contributed by atoms with van der Waals surface area (Å²) in [5.74, 6) is -1.31. The van der Waals surface area contributed by atoms with Gasteiger partial charge in [0.25, 0.3) is 5.91 Å². The van der Waals surface area contributed by atoms with E-state index in [0.29, 0.717) is 19.4 Å². The first-order valence-corrected chi connectivity index (χ1v) is 8.32. The molecule has 3 rings (SSSR count). The number of piperidine rings is 1. The van der Waals surface area contributed by atoms with Crippen LogP contribution >= 0.6 is 0 Å². The molecule has 1 saturated heterocycles. The van der Waals surface area contributed by atoms with E-state index in [1.54, 1.807) is 12.1 Å². The van der Waals surface area contributed by atoms with Gasteiger partial charge in [-0.2, -0.15) is 0 Å². The number of fused-ring (bicyclic) bond motifs is 1. The van der Waals surface area contributed by atoms with Gasteiger partial charge in [0.2, 0.25) is 11.8 Å². The van der Waals surface area contributed by atoms with Crippen LogP contribution in [0.3, 0.4) is 0 Å². The molecule has 0 bridgehead atoms. The Morgan fingerprint density at radius 1 is 1.27 bits per heavy atom. The molecule has 1 fully saturated rings. The second-order valence-corrected chi connectivity index (χ2v) is 6.55. The monoisotopic (exact) mass is 357 g/mol. The summed E-state index contributed by atoms with van der Waals surface area (Å²) in [4.78, 5) is 61.5. The summed E-state index contributed by atoms with van der Waals surface area (Å²) in [7, 11) is 1.49. The Labute approximate surface area is 150 Å². The lowest BCUT2D eigenvalue weighted by Gasteiger charge is -2.30. The van der Waals surface area contributed by atoms with Crippen molar-refractivity contribution in [2.24, 2.45) is 0 Å². The maximum atomic E-state index is 12.9. The van der Waals surface area contributed by atoms with Crippen LogP contribution in [-0.2, 0) is 27.5 Å². The number of benzene rings is 1. The molecule has 26 heavy (non-hydrogen) atoms. The van der Waals surface area contributed by atoms with Gasteiger partial charge in [0.15, 0.2) is 6.29 Å². The molecule has 0 aliphatic carbocycles. The van der Waals surface area contributed by atoms with E-state index in [9.17, 15) is 24.0 Å². The van der Waals surface area contributed by atoms with Crippen molar-refractivity contribution in [2.75, 3.05) is 13.6 Å². The zero-order valence-corrected chi connectivity index (χ0v) is 14.4. The summed E-state index contributed by atoms with van der Waals surface area (Å²) < 4.78 is 0. The molecule has 1 atom stereocenters. The van der Waals surface area contributed by atoms with Gasteiger partial charge < -0.3 is 9.69 Å². The first-order valence-electron chi connectivity index (χ1n) is 8.32. The minimum Gasteiger partial charge on any atom is -0.330 e. The quantitative estimate of drug-likeness (QED) is 0.583. The van der Waals surface area contributed by atoms with Crippen LogP contribution in [-0.4, -0.2) is 59.7 Å². The minimum atomic E-state index is -0.750. The first kappa shape index (κ1) is 17.9. The van der Waals surface area contributed by atoms with E-state index in [4.69, 9.17) is 0 Å². The predicted octanol–water partition coefficient (Wildman–Crippen LogP) is -0.109. The standard InChI is InChI=1S/C18H19N3O5/c1-20(15-2-3-16(24)19-17(15)25)18(26)14-7-12-9-21(4-5-22)8-11(12)6-13(14)10-23/h5-7,10,15H,2-4,8-9H2,1H3,(H,19,24,25). The van der Waals surface area contributed by atoms with Crippen LogP contribution in [0, 0.1) is 0 Å². The van der Waals surface area contributed by atoms with Gasteiger partial charge >= 0.3 is 0 Å². The van der Waals surface area contributed by atoms with Gasteiger partial charge in [0.05, 0.1) is 12.1 Å². The van der Waals surface area contributed by atoms with Crippen LogP contribution in [0.5, 0.6) is 0 Å². The first-order chi connectivity index (χ1) is 12.4. The molecule has 1 aromatic rings. The summed E-state index contributed by atoms with van der Waals surface area (Å²) >= 11 is 0. The largest absolute Gasteiger partial charge is 0.330 e. The fourth-order valence-electron chi connectivity index (χ4n) is 3.44. The van der Waals surface area contributed by atoms with Crippen LogP contribution in [0.2, 0.25) is 0 Å². The third-order valence-electron chi connectivity index (χ3n) is 4.85. The van der Waals surface area contributed by atoms with E-state index in [0.717, 1.165) is 17.4 Å². The Hall–Kier alpha value is -2.87. The summed E-state index contributed by atoms with van der Waals surface area (Å²) in [5.41, 5.74) is 2.27. The molecule has 0 radical (unpaired) electrons. The second kappa shape index (κ2) is 7.17. The lowest BCUT2D eigenvalue weighted by atomic mass is 9.98. The van der Waals surface area contributed by atoms with Crippen molar-refractivity contribution >= 4 is 30.3 Å². The number of amides is 3. The molecule has 2 aliphatic rings. The number of aldehydes is 2. The summed E-state index contributed by atoms with van der Waals surface area (Å²) in [5, 5.41) is 2.23. The zero-order chi connectivity index (χ0) is 18.8. The fourth-order valence-corrected chi connectivity index (χ4v) is 3.44. The molecule has 3 amide bonds. The molecule has 0 spiro atoms. The van der Waals surface area contributed by atoms with Crippen molar-refractivity contribution in [1.29, 1.82) is 0 Å². The lowest BCUT2D eigenvalue weighted by molar-refractivity contribution is -0.136. The molecule has 1 N–H and O–H groups in total. The third-order valence-corrected chi connectivity index (χ3v) is 4.85. The Balaban J connectivity index is 1.86. The molecule has 136 valence electrons. The van der Waals surface area contributed by atoms with Crippen molar-refractivity contribution in [3.63, 3.8) is 0 Å². The number of hydrogen-bond donors (Lipinski definition) is 1. The molecule has 2 heterocycles. The Kier molecular flexibility index (Phi) is 4.94. The van der Waals surface area contributed by atoms with Gasteiger partial charge in [0, 0.05) is 32.1 Å². The number of hydrogen-bond acceptors (Lipinski definition) is 6. The molecule has 1 aromatic carbocycles. The lowest BCUT2D eigenvalue weighted by Crippen LogP contribution is -2.53. The number of likely N-dealkylation sites (N-methyl/N-ethyl adjacent to an activating group) is 1. The zero-order valence-electron chi connectivity index (χ0n) is 14.4. The maximum absolute atomic E-state index is 12.9. The number of nitrogens with one attached hydrogen (secondary N) is 1. The van der Waals surface area contributed by atoms with E-state index in [1.807, 2.05) is 4.90 Å². The SMILES string of the molecule is CN(C(=O)c1cc2c(cc1C=O)CN(CC=O)C2)C1CCC(=O)NC1=O. The highest BCUT2D eigenvalue weighted by Crippen LogP contribution is 2.27. The highest BCUT2D eigenvalue weighted by atomic mass is 16.2. The number of rotatable bonds is 5. The molecule has 8 heteroatoms. The smallest absolute Gasteiger partial charge is 0.255 e. The van der Waals surface area contributed by atoms with Crippen molar-refractivity contribution in [3.8, 4) is 0 Å². The highest BCUT2D eigenvalue weighted by molar-refractivity contribution is 6.06. The third kappa shape index (κ3) is 3.28. The molecule has 1 unspecified atom stereocenters.